The van der Waals surface area contributed by atoms with E-state index < -0.39 is 6.04 Å². The van der Waals surface area contributed by atoms with E-state index in [9.17, 15) is 14.4 Å². The molecule has 0 unspecified atom stereocenters. The Kier molecular flexibility index (Phi) is 6.42. The summed E-state index contributed by atoms with van der Waals surface area (Å²) in [7, 11) is 0. The zero-order valence-corrected chi connectivity index (χ0v) is 20.8. The molecule has 0 aliphatic carbocycles. The summed E-state index contributed by atoms with van der Waals surface area (Å²) in [6, 6.07) is 17.0. The summed E-state index contributed by atoms with van der Waals surface area (Å²) in [5.41, 5.74) is 4.34. The van der Waals surface area contributed by atoms with Gasteiger partial charge in [0.25, 0.3) is 0 Å². The van der Waals surface area contributed by atoms with E-state index >= 15 is 0 Å². The molecule has 2 N–H and O–H groups in total. The van der Waals surface area contributed by atoms with Crippen LogP contribution in [-0.4, -0.2) is 64.3 Å². The van der Waals surface area contributed by atoms with Crippen LogP contribution in [0.25, 0.3) is 10.9 Å². The number of carbonyl (C=O) groups excluding carboxylic acids is 3. The molecule has 0 spiro atoms. The molecule has 6 rings (SSSR count). The van der Waals surface area contributed by atoms with Gasteiger partial charge in [-0.15, -0.1) is 0 Å². The van der Waals surface area contributed by atoms with E-state index in [1.807, 2.05) is 42.5 Å². The maximum atomic E-state index is 13.6. The number of aromatic nitrogens is 1. The van der Waals surface area contributed by atoms with Crippen LogP contribution in [-0.2, 0) is 38.7 Å². The van der Waals surface area contributed by atoms with Crippen molar-refractivity contribution in [2.24, 2.45) is 5.92 Å². The number of aromatic amines is 1. The molecule has 8 heteroatoms. The van der Waals surface area contributed by atoms with Crippen molar-refractivity contribution in [2.45, 2.75) is 50.9 Å². The van der Waals surface area contributed by atoms with Gasteiger partial charge < -0.3 is 19.5 Å². The van der Waals surface area contributed by atoms with Crippen molar-refractivity contribution in [1.82, 2.24) is 20.1 Å². The number of likely N-dealkylation sites (tertiary alicyclic amines) is 2. The Balaban J connectivity index is 1.07. The molecule has 0 radical (unpaired) electrons. The standard InChI is InChI=1S/C29H32N4O4/c34-27(24-15-22-21-9-4-5-10-23(21)31-25(22)16-30-24)33-13-6-11-26(33)28(35)32-14-12-20(17-32)29(36)37-18-19-7-2-1-3-8-19/h1-5,7-10,20,24,26,30-31H,6,11-18H2/t20-,24+,26+/m0/s1. The van der Waals surface area contributed by atoms with Crippen LogP contribution in [0.15, 0.2) is 54.6 Å². The third kappa shape index (κ3) is 4.62. The van der Waals surface area contributed by atoms with Gasteiger partial charge in [-0.1, -0.05) is 48.5 Å². The van der Waals surface area contributed by atoms with Gasteiger partial charge in [0.1, 0.15) is 12.6 Å². The largest absolute Gasteiger partial charge is 0.461 e. The first-order chi connectivity index (χ1) is 18.1. The fourth-order valence-corrected chi connectivity index (χ4v) is 6.01. The average Bonchev–Trinajstić information content (AvgIpc) is 3.70. The van der Waals surface area contributed by atoms with Crippen LogP contribution < -0.4 is 5.32 Å². The second-order valence-electron chi connectivity index (χ2n) is 10.3. The van der Waals surface area contributed by atoms with Gasteiger partial charge in [0.05, 0.1) is 12.0 Å². The lowest BCUT2D eigenvalue weighted by Crippen LogP contribution is -2.54. The Labute approximate surface area is 216 Å². The Morgan fingerprint density at radius 2 is 1.76 bits per heavy atom. The minimum absolute atomic E-state index is 0.00945. The van der Waals surface area contributed by atoms with Crippen molar-refractivity contribution in [3.63, 3.8) is 0 Å². The summed E-state index contributed by atoms with van der Waals surface area (Å²) in [5.74, 6) is -0.643. The summed E-state index contributed by atoms with van der Waals surface area (Å²) in [4.78, 5) is 46.7. The molecule has 1 aromatic heterocycles. The van der Waals surface area contributed by atoms with E-state index in [0.717, 1.165) is 28.6 Å². The Hall–Kier alpha value is -3.65. The Morgan fingerprint density at radius 3 is 2.62 bits per heavy atom. The molecule has 3 atom stereocenters. The normalized spacial score (nSPS) is 23.3. The van der Waals surface area contributed by atoms with Gasteiger partial charge >= 0.3 is 5.97 Å². The number of hydrogen-bond acceptors (Lipinski definition) is 5. The van der Waals surface area contributed by atoms with E-state index in [1.54, 1.807) is 9.80 Å². The van der Waals surface area contributed by atoms with Crippen LogP contribution in [0.4, 0.5) is 0 Å². The molecule has 192 valence electrons. The SMILES string of the molecule is O=C(OCc1ccccc1)[C@H]1CCN(C(=O)[C@H]2CCCN2C(=O)[C@H]2Cc3c([nH]c4ccccc34)CN2)C1. The van der Waals surface area contributed by atoms with Crippen LogP contribution >= 0.6 is 0 Å². The van der Waals surface area contributed by atoms with Crippen LogP contribution in [0.1, 0.15) is 36.1 Å². The van der Waals surface area contributed by atoms with Crippen molar-refractivity contribution < 1.29 is 19.1 Å². The summed E-state index contributed by atoms with van der Waals surface area (Å²) in [6.07, 6.45) is 2.67. The molecular weight excluding hydrogens is 468 g/mol. The van der Waals surface area contributed by atoms with Crippen LogP contribution in [0, 0.1) is 5.92 Å². The molecular formula is C29H32N4O4. The topological polar surface area (TPSA) is 94.7 Å². The summed E-state index contributed by atoms with van der Waals surface area (Å²) in [5, 5.41) is 4.54. The molecule has 0 saturated carbocycles. The predicted octanol–water partition coefficient (Wildman–Crippen LogP) is 2.77. The van der Waals surface area contributed by atoms with Crippen molar-refractivity contribution in [3.05, 3.63) is 71.4 Å². The lowest BCUT2D eigenvalue weighted by molar-refractivity contribution is -0.150. The molecule has 3 aliphatic rings. The number of fused-ring (bicyclic) bond motifs is 3. The number of amides is 2. The number of ether oxygens (including phenoxy) is 1. The number of H-pyrrole nitrogens is 1. The molecule has 2 amide bonds. The highest BCUT2D eigenvalue weighted by molar-refractivity contribution is 5.92. The summed E-state index contributed by atoms with van der Waals surface area (Å²) >= 11 is 0. The molecule has 2 fully saturated rings. The molecule has 2 saturated heterocycles. The highest BCUT2D eigenvalue weighted by atomic mass is 16.5. The number of nitrogens with zero attached hydrogens (tertiary/aromatic N) is 2. The minimum atomic E-state index is -0.460. The molecule has 3 aliphatic heterocycles. The number of esters is 1. The minimum Gasteiger partial charge on any atom is -0.461 e. The van der Waals surface area contributed by atoms with Crippen molar-refractivity contribution >= 4 is 28.7 Å². The lowest BCUT2D eigenvalue weighted by Gasteiger charge is -2.32. The van der Waals surface area contributed by atoms with E-state index in [4.69, 9.17) is 4.74 Å². The average molecular weight is 501 g/mol. The van der Waals surface area contributed by atoms with E-state index in [1.165, 1.54) is 5.56 Å². The maximum absolute atomic E-state index is 13.6. The van der Waals surface area contributed by atoms with Gasteiger partial charge in [-0.2, -0.15) is 0 Å². The van der Waals surface area contributed by atoms with E-state index in [2.05, 4.69) is 22.4 Å². The summed E-state index contributed by atoms with van der Waals surface area (Å²) < 4.78 is 5.50. The maximum Gasteiger partial charge on any atom is 0.311 e. The molecule has 37 heavy (non-hydrogen) atoms. The summed E-state index contributed by atoms with van der Waals surface area (Å²) in [6.45, 7) is 2.30. The highest BCUT2D eigenvalue weighted by Gasteiger charge is 2.42. The zero-order chi connectivity index (χ0) is 25.4. The molecule has 3 aromatic rings. The van der Waals surface area contributed by atoms with Gasteiger partial charge in [0.2, 0.25) is 11.8 Å². The second kappa shape index (κ2) is 10.0. The van der Waals surface area contributed by atoms with Gasteiger partial charge in [0, 0.05) is 42.8 Å². The number of para-hydroxylation sites is 1. The quantitative estimate of drug-likeness (QED) is 0.526. The number of rotatable bonds is 5. The van der Waals surface area contributed by atoms with E-state index in [-0.39, 0.29) is 36.4 Å². The monoisotopic (exact) mass is 500 g/mol. The van der Waals surface area contributed by atoms with Gasteiger partial charge in [0.15, 0.2) is 0 Å². The van der Waals surface area contributed by atoms with Crippen molar-refractivity contribution in [3.8, 4) is 0 Å². The third-order valence-corrected chi connectivity index (χ3v) is 8.01. The van der Waals surface area contributed by atoms with Crippen molar-refractivity contribution in [1.29, 1.82) is 0 Å². The molecule has 0 bridgehead atoms. The van der Waals surface area contributed by atoms with Crippen molar-refractivity contribution in [2.75, 3.05) is 19.6 Å². The van der Waals surface area contributed by atoms with Crippen LogP contribution in [0.5, 0.6) is 0 Å². The van der Waals surface area contributed by atoms with Crippen LogP contribution in [0.3, 0.4) is 0 Å². The Bertz CT molecular complexity index is 1320. The highest BCUT2D eigenvalue weighted by Crippen LogP contribution is 2.29. The molecule has 2 aromatic carbocycles. The number of nitrogens with one attached hydrogen (secondary N) is 2. The van der Waals surface area contributed by atoms with Gasteiger partial charge in [-0.25, -0.2) is 0 Å². The fraction of sp³-hybridized carbons (Fsp3) is 0.414. The molecule has 8 nitrogen and oxygen atoms in total. The zero-order valence-electron chi connectivity index (χ0n) is 20.8. The van der Waals surface area contributed by atoms with Crippen LogP contribution in [0.2, 0.25) is 0 Å². The van der Waals surface area contributed by atoms with E-state index in [0.29, 0.717) is 45.4 Å². The molecule has 4 heterocycles. The third-order valence-electron chi connectivity index (χ3n) is 8.01. The number of hydrogen-bond donors (Lipinski definition) is 2. The first-order valence-electron chi connectivity index (χ1n) is 13.2. The first-order valence-corrected chi connectivity index (χ1v) is 13.2. The Morgan fingerprint density at radius 1 is 0.946 bits per heavy atom. The fourth-order valence-electron chi connectivity index (χ4n) is 6.01. The van der Waals surface area contributed by atoms with Gasteiger partial charge in [-0.05, 0) is 42.9 Å². The second-order valence-corrected chi connectivity index (χ2v) is 10.3. The van der Waals surface area contributed by atoms with Gasteiger partial charge in [-0.3, -0.25) is 19.7 Å². The first kappa shape index (κ1) is 23.7. The number of benzene rings is 2. The smallest absolute Gasteiger partial charge is 0.311 e. The number of carbonyl (C=O) groups is 3. The lowest BCUT2D eigenvalue weighted by atomic mass is 9.97. The predicted molar refractivity (Wildman–Crippen MR) is 138 cm³/mol.